The Hall–Kier alpha value is -1.89. The maximum atomic E-state index is 12.8. The Balaban J connectivity index is 2.79. The molecular weight excluding hydrogens is 358 g/mol. The average Bonchev–Trinajstić information content (AvgIpc) is 3.14. The van der Waals surface area contributed by atoms with Gasteiger partial charge in [-0.1, -0.05) is 32.8 Å². The molecule has 0 bridgehead atoms. The average molecular weight is 396 g/mol. The molecule has 2 amide bonds. The quantitative estimate of drug-likeness (QED) is 0.477. The van der Waals surface area contributed by atoms with Crippen LogP contribution in [0.15, 0.2) is 11.6 Å². The van der Waals surface area contributed by atoms with Crippen LogP contribution in [0.4, 0.5) is 0 Å². The SMILES string of the molecule is CCOC(=O)/C(C)=C/[C@H](C(C)C)N(C)C(=O)CNC(=O)C1(N(C)C)CCCC1. The Bertz CT molecular complexity index is 592. The third-order valence-electron chi connectivity index (χ3n) is 5.65. The van der Waals surface area contributed by atoms with E-state index in [1.54, 1.807) is 31.9 Å². The zero-order valence-corrected chi connectivity index (χ0v) is 18.5. The number of likely N-dealkylation sites (N-methyl/N-ethyl adjacent to an activating group) is 2. The van der Waals surface area contributed by atoms with Gasteiger partial charge in [-0.25, -0.2) is 4.79 Å². The molecule has 28 heavy (non-hydrogen) atoms. The lowest BCUT2D eigenvalue weighted by atomic mass is 9.95. The molecule has 0 spiro atoms. The zero-order chi connectivity index (χ0) is 21.5. The van der Waals surface area contributed by atoms with E-state index in [0.29, 0.717) is 12.2 Å². The first kappa shape index (κ1) is 24.1. The lowest BCUT2D eigenvalue weighted by Gasteiger charge is -2.35. The summed E-state index contributed by atoms with van der Waals surface area (Å²) in [6.07, 6.45) is 5.43. The minimum atomic E-state index is -0.517. The predicted molar refractivity (Wildman–Crippen MR) is 110 cm³/mol. The highest BCUT2D eigenvalue weighted by molar-refractivity contribution is 5.91. The number of nitrogens with zero attached hydrogens (tertiary/aromatic N) is 2. The highest BCUT2D eigenvalue weighted by Crippen LogP contribution is 2.33. The van der Waals surface area contributed by atoms with Gasteiger partial charge in [-0.05, 0) is 46.7 Å². The first-order chi connectivity index (χ1) is 13.1. The van der Waals surface area contributed by atoms with E-state index in [2.05, 4.69) is 5.32 Å². The summed E-state index contributed by atoms with van der Waals surface area (Å²) in [5.41, 5.74) is -0.0433. The molecule has 0 heterocycles. The van der Waals surface area contributed by atoms with Crippen molar-refractivity contribution in [2.45, 2.75) is 65.0 Å². The number of esters is 1. The second kappa shape index (κ2) is 10.6. The lowest BCUT2D eigenvalue weighted by Crippen LogP contribution is -2.56. The molecule has 1 aliphatic rings. The van der Waals surface area contributed by atoms with Gasteiger partial charge in [0.15, 0.2) is 0 Å². The van der Waals surface area contributed by atoms with E-state index in [-0.39, 0.29) is 36.3 Å². The molecule has 1 saturated carbocycles. The zero-order valence-electron chi connectivity index (χ0n) is 18.5. The number of carbonyl (C=O) groups excluding carboxylic acids is 3. The van der Waals surface area contributed by atoms with Gasteiger partial charge in [-0.2, -0.15) is 0 Å². The number of nitrogens with one attached hydrogen (secondary N) is 1. The van der Waals surface area contributed by atoms with Gasteiger partial charge in [0.05, 0.1) is 24.7 Å². The molecule has 7 nitrogen and oxygen atoms in total. The molecule has 1 fully saturated rings. The van der Waals surface area contributed by atoms with Gasteiger partial charge in [-0.3, -0.25) is 14.5 Å². The summed E-state index contributed by atoms with van der Waals surface area (Å²) in [5, 5.41) is 2.83. The fourth-order valence-corrected chi connectivity index (χ4v) is 3.77. The van der Waals surface area contributed by atoms with Gasteiger partial charge >= 0.3 is 5.97 Å². The molecule has 1 atom stereocenters. The van der Waals surface area contributed by atoms with Gasteiger partial charge in [0, 0.05) is 12.6 Å². The van der Waals surface area contributed by atoms with Gasteiger partial charge in [0.1, 0.15) is 0 Å². The number of carbonyl (C=O) groups is 3. The summed E-state index contributed by atoms with van der Waals surface area (Å²) in [7, 11) is 5.53. The summed E-state index contributed by atoms with van der Waals surface area (Å²) in [5.74, 6) is -0.545. The maximum Gasteiger partial charge on any atom is 0.333 e. The predicted octanol–water partition coefficient (Wildman–Crippen LogP) is 1.97. The van der Waals surface area contributed by atoms with Crippen molar-refractivity contribution in [1.82, 2.24) is 15.1 Å². The standard InChI is InChI=1S/C21H37N3O4/c1-8-28-19(26)16(4)13-17(15(2)3)24(7)18(25)14-22-20(27)21(23(5)6)11-9-10-12-21/h13,15,17H,8-12,14H2,1-7H3,(H,22,27)/b16-13+/t17-/m1/s1. The van der Waals surface area contributed by atoms with Crippen LogP contribution in [0.5, 0.6) is 0 Å². The Kier molecular flexibility index (Phi) is 9.14. The second-order valence-corrected chi connectivity index (χ2v) is 8.13. The fraction of sp³-hybridized carbons (Fsp3) is 0.762. The first-order valence-corrected chi connectivity index (χ1v) is 10.1. The molecule has 0 aromatic carbocycles. The molecule has 1 rings (SSSR count). The molecule has 0 aromatic rings. The smallest absolute Gasteiger partial charge is 0.333 e. The monoisotopic (exact) mass is 395 g/mol. The normalized spacial score (nSPS) is 17.5. The van der Waals surface area contributed by atoms with E-state index in [0.717, 1.165) is 25.7 Å². The van der Waals surface area contributed by atoms with Crippen molar-refractivity contribution in [1.29, 1.82) is 0 Å². The molecule has 0 aromatic heterocycles. The number of ether oxygens (including phenoxy) is 1. The van der Waals surface area contributed by atoms with Crippen LogP contribution in [0.3, 0.4) is 0 Å². The van der Waals surface area contributed by atoms with Crippen LogP contribution in [0.2, 0.25) is 0 Å². The molecule has 1 N–H and O–H groups in total. The molecule has 0 saturated heterocycles. The van der Waals surface area contributed by atoms with Gasteiger partial charge in [0.2, 0.25) is 11.8 Å². The van der Waals surface area contributed by atoms with Crippen molar-refractivity contribution in [3.8, 4) is 0 Å². The first-order valence-electron chi connectivity index (χ1n) is 10.1. The van der Waals surface area contributed by atoms with Crippen molar-refractivity contribution in [2.75, 3.05) is 34.3 Å². The Labute approximate surface area is 169 Å². The van der Waals surface area contributed by atoms with Crippen LogP contribution in [-0.4, -0.2) is 73.5 Å². The highest BCUT2D eigenvalue weighted by Gasteiger charge is 2.43. The number of hydrogen-bond donors (Lipinski definition) is 1. The third kappa shape index (κ3) is 5.80. The number of amides is 2. The van der Waals surface area contributed by atoms with Crippen molar-refractivity contribution in [3.63, 3.8) is 0 Å². The van der Waals surface area contributed by atoms with Crippen molar-refractivity contribution in [3.05, 3.63) is 11.6 Å². The number of hydrogen-bond acceptors (Lipinski definition) is 5. The summed E-state index contributed by atoms with van der Waals surface area (Å²) in [6.45, 7) is 7.68. The fourth-order valence-electron chi connectivity index (χ4n) is 3.77. The van der Waals surface area contributed by atoms with E-state index < -0.39 is 5.54 Å². The lowest BCUT2D eigenvalue weighted by molar-refractivity contribution is -0.138. The molecular formula is C21H37N3O4. The van der Waals surface area contributed by atoms with E-state index in [9.17, 15) is 14.4 Å². The summed E-state index contributed by atoms with van der Waals surface area (Å²) < 4.78 is 5.02. The molecule has 1 aliphatic carbocycles. The van der Waals surface area contributed by atoms with Crippen LogP contribution in [0, 0.1) is 5.92 Å². The molecule has 0 unspecified atom stereocenters. The summed E-state index contributed by atoms with van der Waals surface area (Å²) in [6, 6.07) is -0.261. The molecule has 7 heteroatoms. The van der Waals surface area contributed by atoms with Crippen LogP contribution in [0.1, 0.15) is 53.4 Å². The van der Waals surface area contributed by atoms with Crippen LogP contribution in [0.25, 0.3) is 0 Å². The molecule has 0 radical (unpaired) electrons. The maximum absolute atomic E-state index is 12.8. The van der Waals surface area contributed by atoms with Gasteiger partial charge in [0.25, 0.3) is 0 Å². The Morgan fingerprint density at radius 3 is 2.18 bits per heavy atom. The number of rotatable bonds is 9. The van der Waals surface area contributed by atoms with Crippen LogP contribution in [-0.2, 0) is 19.1 Å². The Morgan fingerprint density at radius 1 is 1.14 bits per heavy atom. The van der Waals surface area contributed by atoms with E-state index in [4.69, 9.17) is 4.74 Å². The second-order valence-electron chi connectivity index (χ2n) is 8.13. The van der Waals surface area contributed by atoms with E-state index in [1.165, 1.54) is 0 Å². The van der Waals surface area contributed by atoms with Crippen LogP contribution < -0.4 is 5.32 Å². The summed E-state index contributed by atoms with van der Waals surface area (Å²) in [4.78, 5) is 40.9. The van der Waals surface area contributed by atoms with Gasteiger partial charge in [-0.15, -0.1) is 0 Å². The highest BCUT2D eigenvalue weighted by atomic mass is 16.5. The van der Waals surface area contributed by atoms with Crippen molar-refractivity contribution < 1.29 is 19.1 Å². The third-order valence-corrected chi connectivity index (χ3v) is 5.65. The molecule has 0 aliphatic heterocycles. The van der Waals surface area contributed by atoms with Crippen molar-refractivity contribution in [2.24, 2.45) is 5.92 Å². The van der Waals surface area contributed by atoms with E-state index >= 15 is 0 Å². The minimum Gasteiger partial charge on any atom is -0.463 e. The van der Waals surface area contributed by atoms with Crippen molar-refractivity contribution >= 4 is 17.8 Å². The topological polar surface area (TPSA) is 79.0 Å². The van der Waals surface area contributed by atoms with E-state index in [1.807, 2.05) is 32.8 Å². The Morgan fingerprint density at radius 2 is 1.71 bits per heavy atom. The summed E-state index contributed by atoms with van der Waals surface area (Å²) >= 11 is 0. The largest absolute Gasteiger partial charge is 0.463 e. The minimum absolute atomic E-state index is 0.0551. The van der Waals surface area contributed by atoms with Gasteiger partial charge < -0.3 is 15.0 Å². The van der Waals surface area contributed by atoms with Crippen LogP contribution >= 0.6 is 0 Å². The molecule has 160 valence electrons.